The molecule has 0 saturated carbocycles. The minimum Gasteiger partial charge on any atom is -0.316 e. The van der Waals surface area contributed by atoms with E-state index in [2.05, 4.69) is 26.2 Å². The lowest BCUT2D eigenvalue weighted by Crippen LogP contribution is -2.41. The summed E-state index contributed by atoms with van der Waals surface area (Å²) in [7, 11) is 0. The van der Waals surface area contributed by atoms with Crippen LogP contribution in [0.5, 0.6) is 0 Å². The molecule has 0 aromatic carbocycles. The molecule has 2 aliphatic rings. The molecule has 2 heterocycles. The largest absolute Gasteiger partial charge is 0.316 e. The number of thioether (sulfide) groups is 1. The zero-order chi connectivity index (χ0) is 7.84. The summed E-state index contributed by atoms with van der Waals surface area (Å²) < 4.78 is 0.999. The van der Waals surface area contributed by atoms with Crippen LogP contribution in [0, 0.1) is 0 Å². The molecular weight excluding hydrogens is 228 g/mol. The molecule has 0 spiro atoms. The average Bonchev–Trinajstić information content (AvgIpc) is 2.35. The van der Waals surface area contributed by atoms with Crippen LogP contribution < -0.4 is 5.32 Å². The van der Waals surface area contributed by atoms with Crippen LogP contribution in [0.2, 0.25) is 0 Å². The van der Waals surface area contributed by atoms with Gasteiger partial charge in [0.2, 0.25) is 5.91 Å². The van der Waals surface area contributed by atoms with Gasteiger partial charge in [-0.1, -0.05) is 15.9 Å². The van der Waals surface area contributed by atoms with E-state index in [1.165, 1.54) is 18.1 Å². The summed E-state index contributed by atoms with van der Waals surface area (Å²) in [5.41, 5.74) is 0. The van der Waals surface area contributed by atoms with Crippen molar-refractivity contribution in [3.63, 3.8) is 0 Å². The second kappa shape index (κ2) is 2.64. The Morgan fingerprint density at radius 2 is 2.55 bits per heavy atom. The Morgan fingerprint density at radius 3 is 3.27 bits per heavy atom. The number of carbonyl (C=O) groups excluding carboxylic acids is 1. The van der Waals surface area contributed by atoms with Crippen molar-refractivity contribution < 1.29 is 4.79 Å². The number of aliphatic imine (C=N–C) groups is 1. The number of rotatable bonds is 0. The predicted molar refractivity (Wildman–Crippen MR) is 48.8 cm³/mol. The fourth-order valence-corrected chi connectivity index (χ4v) is 2.90. The highest BCUT2D eigenvalue weighted by atomic mass is 79.9. The van der Waals surface area contributed by atoms with Crippen molar-refractivity contribution in [2.45, 2.75) is 11.3 Å². The number of nitrogens with one attached hydrogen (secondary N) is 1. The van der Waals surface area contributed by atoms with Gasteiger partial charge in [0.05, 0.1) is 6.34 Å². The number of amides is 1. The van der Waals surface area contributed by atoms with Gasteiger partial charge in [0.1, 0.15) is 11.3 Å². The van der Waals surface area contributed by atoms with Gasteiger partial charge >= 0.3 is 0 Å². The van der Waals surface area contributed by atoms with Crippen LogP contribution in [0.3, 0.4) is 0 Å². The van der Waals surface area contributed by atoms with Crippen molar-refractivity contribution in [1.29, 1.82) is 0 Å². The summed E-state index contributed by atoms with van der Waals surface area (Å²) in [6, 6.07) is 0.00810. The Kier molecular flexibility index (Phi) is 1.77. The monoisotopic (exact) mass is 232 g/mol. The van der Waals surface area contributed by atoms with E-state index in [4.69, 9.17) is 0 Å². The van der Waals surface area contributed by atoms with Gasteiger partial charge in [-0.3, -0.25) is 9.79 Å². The minimum atomic E-state index is -0.0608. The third kappa shape index (κ3) is 1.12. The molecule has 5 heteroatoms. The van der Waals surface area contributed by atoms with Gasteiger partial charge in [0, 0.05) is 4.48 Å². The molecule has 1 N–H and O–H groups in total. The predicted octanol–water partition coefficient (Wildman–Crippen LogP) is 0.865. The fourth-order valence-electron chi connectivity index (χ4n) is 1.04. The molecule has 0 saturated heterocycles. The number of fused-ring (bicyclic) bond motifs is 1. The second-order valence-electron chi connectivity index (χ2n) is 2.29. The molecule has 0 aromatic rings. The van der Waals surface area contributed by atoms with E-state index in [9.17, 15) is 4.79 Å². The van der Waals surface area contributed by atoms with Gasteiger partial charge in [0.25, 0.3) is 0 Å². The van der Waals surface area contributed by atoms with Crippen LogP contribution in [-0.4, -0.2) is 23.5 Å². The van der Waals surface area contributed by atoms with Crippen molar-refractivity contribution in [3.8, 4) is 0 Å². The van der Waals surface area contributed by atoms with Crippen molar-refractivity contribution in [3.05, 3.63) is 9.89 Å². The first-order valence-electron chi connectivity index (χ1n) is 3.12. The first-order chi connectivity index (χ1) is 5.29. The van der Waals surface area contributed by atoms with E-state index < -0.39 is 0 Å². The topological polar surface area (TPSA) is 41.5 Å². The molecule has 0 aromatic heterocycles. The molecule has 58 valence electrons. The Hall–Kier alpha value is -0.290. The molecular formula is C6H5BrN2OS. The Morgan fingerprint density at radius 1 is 1.73 bits per heavy atom. The van der Waals surface area contributed by atoms with Crippen molar-refractivity contribution in [1.82, 2.24) is 5.32 Å². The summed E-state index contributed by atoms with van der Waals surface area (Å²) in [6.45, 7) is 0. The number of nitrogens with zero attached hydrogens (tertiary/aromatic N) is 1. The van der Waals surface area contributed by atoms with Gasteiger partial charge < -0.3 is 5.32 Å². The smallest absolute Gasteiger partial charge is 0.241 e. The molecule has 2 aliphatic heterocycles. The summed E-state index contributed by atoms with van der Waals surface area (Å²) >= 11 is 4.86. The van der Waals surface area contributed by atoms with Gasteiger partial charge in [-0.15, -0.1) is 11.8 Å². The average molecular weight is 233 g/mol. The maximum absolute atomic E-state index is 11.1. The quantitative estimate of drug-likeness (QED) is 0.674. The Bertz CT molecular complexity index is 263. The highest BCUT2D eigenvalue weighted by molar-refractivity contribution is 9.11. The molecule has 3 nitrogen and oxygen atoms in total. The van der Waals surface area contributed by atoms with Gasteiger partial charge in [-0.05, 0) is 5.41 Å². The maximum Gasteiger partial charge on any atom is 0.241 e. The number of hydrogen-bond donors (Lipinski definition) is 1. The van der Waals surface area contributed by atoms with Crippen molar-refractivity contribution in [2.75, 3.05) is 0 Å². The lowest BCUT2D eigenvalue weighted by molar-refractivity contribution is -0.119. The van der Waals surface area contributed by atoms with E-state index in [0.717, 1.165) is 4.48 Å². The molecule has 1 amide bonds. The summed E-state index contributed by atoms with van der Waals surface area (Å²) in [4.78, 5) is 15.3. The van der Waals surface area contributed by atoms with E-state index >= 15 is 0 Å². The standard InChI is InChI=1S/C6H5BrN2OS/c7-3-1-11-5-4(3)8-2-9-6(5)10/h1-2,4-5H,(H,8,9,10). The highest BCUT2D eigenvalue weighted by Gasteiger charge is 2.36. The molecule has 2 rings (SSSR count). The Labute approximate surface area is 76.5 Å². The van der Waals surface area contributed by atoms with Crippen LogP contribution in [-0.2, 0) is 4.79 Å². The van der Waals surface area contributed by atoms with Crippen LogP contribution >= 0.6 is 27.7 Å². The molecule has 0 fully saturated rings. The van der Waals surface area contributed by atoms with E-state index in [1.807, 2.05) is 5.41 Å². The third-order valence-electron chi connectivity index (χ3n) is 1.60. The second-order valence-corrected chi connectivity index (χ2v) is 4.22. The van der Waals surface area contributed by atoms with Crippen LogP contribution in [0.4, 0.5) is 0 Å². The fraction of sp³-hybridized carbons (Fsp3) is 0.333. The molecule has 0 radical (unpaired) electrons. The minimum absolute atomic E-state index is 0.00810. The number of carbonyl (C=O) groups is 1. The lowest BCUT2D eigenvalue weighted by Gasteiger charge is -2.18. The van der Waals surface area contributed by atoms with Crippen molar-refractivity contribution >= 4 is 39.9 Å². The van der Waals surface area contributed by atoms with Gasteiger partial charge in [-0.2, -0.15) is 0 Å². The third-order valence-corrected chi connectivity index (χ3v) is 3.75. The van der Waals surface area contributed by atoms with Crippen molar-refractivity contribution in [2.24, 2.45) is 4.99 Å². The maximum atomic E-state index is 11.1. The normalized spacial score (nSPS) is 34.6. The van der Waals surface area contributed by atoms with Crippen LogP contribution in [0.25, 0.3) is 0 Å². The molecule has 2 atom stereocenters. The highest BCUT2D eigenvalue weighted by Crippen LogP contribution is 2.36. The molecule has 2 unspecified atom stereocenters. The number of halogens is 1. The van der Waals surface area contributed by atoms with E-state index in [1.54, 1.807) is 0 Å². The van der Waals surface area contributed by atoms with Gasteiger partial charge in [-0.25, -0.2) is 0 Å². The molecule has 11 heavy (non-hydrogen) atoms. The Balaban J connectivity index is 2.29. The summed E-state index contributed by atoms with van der Waals surface area (Å²) in [5, 5.41) is 4.44. The lowest BCUT2D eigenvalue weighted by atomic mass is 10.2. The molecule has 0 bridgehead atoms. The first kappa shape index (κ1) is 7.36. The SMILES string of the molecule is O=C1NC=NC2C(Br)=CSC12. The first-order valence-corrected chi connectivity index (χ1v) is 4.85. The summed E-state index contributed by atoms with van der Waals surface area (Å²) in [6.07, 6.45) is 1.46. The van der Waals surface area contributed by atoms with E-state index in [0.29, 0.717) is 0 Å². The summed E-state index contributed by atoms with van der Waals surface area (Å²) in [5.74, 6) is 0.0423. The number of hydrogen-bond acceptors (Lipinski definition) is 3. The van der Waals surface area contributed by atoms with Gasteiger partial charge in [0.15, 0.2) is 0 Å². The van der Waals surface area contributed by atoms with Crippen LogP contribution in [0.1, 0.15) is 0 Å². The molecule has 0 aliphatic carbocycles. The van der Waals surface area contributed by atoms with E-state index in [-0.39, 0.29) is 17.2 Å². The zero-order valence-corrected chi connectivity index (χ0v) is 7.85. The van der Waals surface area contributed by atoms with Crippen LogP contribution in [0.15, 0.2) is 14.9 Å². The zero-order valence-electron chi connectivity index (χ0n) is 5.45.